The van der Waals surface area contributed by atoms with Crippen LogP contribution in [-0.2, 0) is 0 Å². The number of aliphatic imine (C=N–C) groups is 1. The van der Waals surface area contributed by atoms with Crippen molar-refractivity contribution in [2.75, 3.05) is 0 Å². The number of para-hydroxylation sites is 2. The van der Waals surface area contributed by atoms with E-state index < -0.39 is 0 Å². The normalized spacial score (nSPS) is 11.2. The predicted octanol–water partition coefficient (Wildman–Crippen LogP) is 5.22. The van der Waals surface area contributed by atoms with Gasteiger partial charge >= 0.3 is 0 Å². The van der Waals surface area contributed by atoms with Gasteiger partial charge in [0.15, 0.2) is 5.78 Å². The molecule has 1 heterocycles. The van der Waals surface area contributed by atoms with E-state index in [1.807, 2.05) is 67.6 Å². The van der Waals surface area contributed by atoms with Gasteiger partial charge in [-0.15, -0.1) is 0 Å². The lowest BCUT2D eigenvalue weighted by Crippen LogP contribution is -2.01. The monoisotopic (exact) mass is 330 g/mol. The zero-order valence-electron chi connectivity index (χ0n) is 14.1. The number of Topliss-reactive ketones (excluding diaryl/α,β-unsaturated/α-hetero) is 1. The summed E-state index contributed by atoms with van der Waals surface area (Å²) in [6, 6.07) is 20.5. The molecule has 0 saturated carbocycles. The number of hydrogen-bond donors (Lipinski definition) is 0. The van der Waals surface area contributed by atoms with Crippen LogP contribution < -0.4 is 4.74 Å². The third-order valence-corrected chi connectivity index (χ3v) is 3.69. The third kappa shape index (κ3) is 3.98. The number of carbonyl (C=O) groups is 1. The number of nitrogens with zero attached hydrogens (tertiary/aromatic N) is 2. The van der Waals surface area contributed by atoms with Crippen LogP contribution in [0.2, 0.25) is 0 Å². The maximum atomic E-state index is 11.8. The second-order valence-corrected chi connectivity index (χ2v) is 5.54. The Morgan fingerprint density at radius 1 is 0.880 bits per heavy atom. The van der Waals surface area contributed by atoms with Crippen LogP contribution in [0.4, 0.5) is 5.69 Å². The summed E-state index contributed by atoms with van der Waals surface area (Å²) in [6.07, 6.45) is 1.68. The van der Waals surface area contributed by atoms with E-state index in [1.165, 1.54) is 6.92 Å². The van der Waals surface area contributed by atoms with E-state index in [2.05, 4.69) is 9.98 Å². The van der Waals surface area contributed by atoms with Crippen LogP contribution in [-0.4, -0.2) is 16.5 Å². The van der Waals surface area contributed by atoms with Gasteiger partial charge < -0.3 is 4.74 Å². The van der Waals surface area contributed by atoms with Gasteiger partial charge in [0.05, 0.1) is 17.0 Å². The van der Waals surface area contributed by atoms with Crippen molar-refractivity contribution in [1.82, 2.24) is 4.98 Å². The standard InChI is InChI=1S/C21H18N2O2/c1-15(23-20-13-7-6-11-19(20)16(2)24)18-12-8-14-22-21(18)25-17-9-4-3-5-10-17/h3-14H,1-2H3/b23-15+. The van der Waals surface area contributed by atoms with Crippen molar-refractivity contribution < 1.29 is 9.53 Å². The van der Waals surface area contributed by atoms with Gasteiger partial charge in [0.1, 0.15) is 5.75 Å². The Kier molecular flexibility index (Phi) is 5.00. The van der Waals surface area contributed by atoms with Crippen molar-refractivity contribution in [3.05, 3.63) is 84.1 Å². The number of aromatic nitrogens is 1. The number of hydrogen-bond acceptors (Lipinski definition) is 4. The molecule has 4 nitrogen and oxygen atoms in total. The van der Waals surface area contributed by atoms with Gasteiger partial charge in [0.25, 0.3) is 0 Å². The van der Waals surface area contributed by atoms with E-state index >= 15 is 0 Å². The average molecular weight is 330 g/mol. The van der Waals surface area contributed by atoms with Crippen molar-refractivity contribution >= 4 is 17.2 Å². The summed E-state index contributed by atoms with van der Waals surface area (Å²) in [6.45, 7) is 3.42. The molecule has 1 aromatic heterocycles. The molecule has 0 aliphatic rings. The number of pyridine rings is 1. The van der Waals surface area contributed by atoms with Crippen molar-refractivity contribution in [1.29, 1.82) is 0 Å². The second kappa shape index (κ2) is 7.53. The average Bonchev–Trinajstić information content (AvgIpc) is 2.63. The summed E-state index contributed by atoms with van der Waals surface area (Å²) in [5, 5.41) is 0. The third-order valence-electron chi connectivity index (χ3n) is 3.69. The number of rotatable bonds is 5. The molecule has 0 saturated heterocycles. The Hall–Kier alpha value is -3.27. The minimum absolute atomic E-state index is 0.0147. The Balaban J connectivity index is 1.98. The molecule has 0 amide bonds. The highest BCUT2D eigenvalue weighted by molar-refractivity contribution is 6.05. The summed E-state index contributed by atoms with van der Waals surface area (Å²) >= 11 is 0. The van der Waals surface area contributed by atoms with Gasteiger partial charge in [0.2, 0.25) is 5.88 Å². The van der Waals surface area contributed by atoms with Crippen LogP contribution in [0.1, 0.15) is 29.8 Å². The topological polar surface area (TPSA) is 51.5 Å². The van der Waals surface area contributed by atoms with Gasteiger partial charge in [-0.05, 0) is 50.2 Å². The van der Waals surface area contributed by atoms with Gasteiger partial charge in [-0.1, -0.05) is 30.3 Å². The molecule has 0 aliphatic heterocycles. The fraction of sp³-hybridized carbons (Fsp3) is 0.0952. The first-order valence-corrected chi connectivity index (χ1v) is 7.98. The minimum atomic E-state index is -0.0147. The smallest absolute Gasteiger partial charge is 0.228 e. The molecule has 2 aromatic carbocycles. The van der Waals surface area contributed by atoms with Crippen molar-refractivity contribution in [2.24, 2.45) is 4.99 Å². The van der Waals surface area contributed by atoms with Crippen molar-refractivity contribution in [3.63, 3.8) is 0 Å². The first kappa shape index (κ1) is 16.6. The SMILES string of the molecule is CC(=O)c1ccccc1/N=C(\C)c1cccnc1Oc1ccccc1. The quantitative estimate of drug-likeness (QED) is 0.476. The summed E-state index contributed by atoms with van der Waals surface area (Å²) < 4.78 is 5.89. The van der Waals surface area contributed by atoms with E-state index in [9.17, 15) is 4.79 Å². The zero-order valence-corrected chi connectivity index (χ0v) is 14.1. The molecular formula is C21H18N2O2. The van der Waals surface area contributed by atoms with E-state index in [-0.39, 0.29) is 5.78 Å². The van der Waals surface area contributed by atoms with Crippen LogP contribution in [0.25, 0.3) is 0 Å². The molecule has 4 heteroatoms. The first-order valence-electron chi connectivity index (χ1n) is 7.98. The van der Waals surface area contributed by atoms with E-state index in [0.717, 1.165) is 11.3 Å². The van der Waals surface area contributed by atoms with Crippen LogP contribution in [0, 0.1) is 0 Å². The highest BCUT2D eigenvalue weighted by atomic mass is 16.5. The molecule has 3 aromatic rings. The van der Waals surface area contributed by atoms with E-state index in [4.69, 9.17) is 4.74 Å². The molecule has 25 heavy (non-hydrogen) atoms. The number of ether oxygens (including phenoxy) is 1. The lowest BCUT2D eigenvalue weighted by molar-refractivity contribution is 0.101. The molecule has 0 atom stereocenters. The zero-order chi connectivity index (χ0) is 17.6. The summed E-state index contributed by atoms with van der Waals surface area (Å²) in [5.74, 6) is 1.17. The molecular weight excluding hydrogens is 312 g/mol. The Morgan fingerprint density at radius 2 is 1.56 bits per heavy atom. The molecule has 0 aliphatic carbocycles. The minimum Gasteiger partial charge on any atom is -0.438 e. The Labute approximate surface area is 146 Å². The largest absolute Gasteiger partial charge is 0.438 e. The summed E-state index contributed by atoms with van der Waals surface area (Å²) in [7, 11) is 0. The van der Waals surface area contributed by atoms with E-state index in [0.29, 0.717) is 22.9 Å². The van der Waals surface area contributed by atoms with Gasteiger partial charge in [-0.3, -0.25) is 9.79 Å². The lowest BCUT2D eigenvalue weighted by Gasteiger charge is -2.10. The molecule has 0 radical (unpaired) electrons. The fourth-order valence-corrected chi connectivity index (χ4v) is 2.46. The summed E-state index contributed by atoms with van der Waals surface area (Å²) in [5.41, 5.74) is 2.75. The Morgan fingerprint density at radius 3 is 2.32 bits per heavy atom. The molecule has 124 valence electrons. The number of benzene rings is 2. The van der Waals surface area contributed by atoms with Crippen LogP contribution in [0.15, 0.2) is 77.9 Å². The second-order valence-electron chi connectivity index (χ2n) is 5.54. The van der Waals surface area contributed by atoms with Gasteiger partial charge in [-0.25, -0.2) is 4.98 Å². The van der Waals surface area contributed by atoms with Crippen LogP contribution in [0.3, 0.4) is 0 Å². The maximum Gasteiger partial charge on any atom is 0.228 e. The maximum absolute atomic E-state index is 11.8. The van der Waals surface area contributed by atoms with E-state index in [1.54, 1.807) is 12.3 Å². The number of carbonyl (C=O) groups excluding carboxylic acids is 1. The van der Waals surface area contributed by atoms with Crippen LogP contribution >= 0.6 is 0 Å². The molecule has 0 N–H and O–H groups in total. The molecule has 0 unspecified atom stereocenters. The molecule has 0 spiro atoms. The molecule has 0 fully saturated rings. The van der Waals surface area contributed by atoms with Crippen LogP contribution in [0.5, 0.6) is 11.6 Å². The van der Waals surface area contributed by atoms with Crippen molar-refractivity contribution in [3.8, 4) is 11.6 Å². The highest BCUT2D eigenvalue weighted by Crippen LogP contribution is 2.26. The van der Waals surface area contributed by atoms with Crippen molar-refractivity contribution in [2.45, 2.75) is 13.8 Å². The Bertz CT molecular complexity index is 918. The van der Waals surface area contributed by atoms with Gasteiger partial charge in [0, 0.05) is 11.8 Å². The number of ketones is 1. The van der Waals surface area contributed by atoms with Gasteiger partial charge in [-0.2, -0.15) is 0 Å². The lowest BCUT2D eigenvalue weighted by atomic mass is 10.1. The summed E-state index contributed by atoms with van der Waals surface area (Å²) in [4.78, 5) is 20.7. The predicted molar refractivity (Wildman–Crippen MR) is 99.1 cm³/mol. The first-order chi connectivity index (χ1) is 12.1. The molecule has 0 bridgehead atoms. The fourth-order valence-electron chi connectivity index (χ4n) is 2.46. The highest BCUT2D eigenvalue weighted by Gasteiger charge is 2.11. The molecule has 3 rings (SSSR count).